The van der Waals surface area contributed by atoms with Gasteiger partial charge in [-0.1, -0.05) is 48.5 Å². The molecule has 8 N–H and O–H groups in total. The van der Waals surface area contributed by atoms with Gasteiger partial charge in [-0.05, 0) is 34.9 Å². The Hall–Kier alpha value is -4.39. The Morgan fingerprint density at radius 2 is 1.42 bits per heavy atom. The van der Waals surface area contributed by atoms with Gasteiger partial charge in [0.1, 0.15) is 11.7 Å². The molecular formula is C24H21N5O2. The number of amidine groups is 2. The average Bonchev–Trinajstić information content (AvgIpc) is 3.11. The van der Waals surface area contributed by atoms with Crippen molar-refractivity contribution >= 4 is 28.5 Å². The smallest absolute Gasteiger partial charge is 0.335 e. The first-order valence-electron chi connectivity index (χ1n) is 9.59. The van der Waals surface area contributed by atoms with Gasteiger partial charge in [0.25, 0.3) is 0 Å². The number of carbonyl (C=O) groups is 1. The van der Waals surface area contributed by atoms with Gasteiger partial charge in [-0.2, -0.15) is 0 Å². The first-order chi connectivity index (χ1) is 14.8. The van der Waals surface area contributed by atoms with Crippen LogP contribution in [0.4, 0.5) is 0 Å². The van der Waals surface area contributed by atoms with E-state index < -0.39 is 5.97 Å². The SMILES string of the molecule is N=C(N)c1ccc(-c2[nH]c3cc(C(=N)N)ccc3c2Cc2ccc(C(=O)O)cc2)cc1. The van der Waals surface area contributed by atoms with E-state index in [9.17, 15) is 4.79 Å². The molecule has 4 rings (SSSR count). The molecule has 7 nitrogen and oxygen atoms in total. The molecule has 0 saturated heterocycles. The van der Waals surface area contributed by atoms with E-state index in [1.807, 2.05) is 42.5 Å². The number of carboxylic acid groups (broad SMARTS) is 1. The molecule has 0 unspecified atom stereocenters. The monoisotopic (exact) mass is 411 g/mol. The molecule has 154 valence electrons. The lowest BCUT2D eigenvalue weighted by molar-refractivity contribution is 0.0697. The number of hydrogen-bond acceptors (Lipinski definition) is 3. The lowest BCUT2D eigenvalue weighted by atomic mass is 9.97. The van der Waals surface area contributed by atoms with E-state index in [1.54, 1.807) is 24.3 Å². The molecule has 1 aromatic heterocycles. The molecule has 0 fully saturated rings. The summed E-state index contributed by atoms with van der Waals surface area (Å²) in [5.74, 6) is -0.954. The van der Waals surface area contributed by atoms with Gasteiger partial charge in [-0.3, -0.25) is 10.8 Å². The predicted octanol–water partition coefficient (Wildman–Crippen LogP) is 3.69. The van der Waals surface area contributed by atoms with Crippen molar-refractivity contribution in [2.75, 3.05) is 0 Å². The van der Waals surface area contributed by atoms with Crippen LogP contribution in [-0.2, 0) is 6.42 Å². The topological polar surface area (TPSA) is 153 Å². The van der Waals surface area contributed by atoms with Gasteiger partial charge in [0.2, 0.25) is 0 Å². The number of aromatic amines is 1. The van der Waals surface area contributed by atoms with Crippen molar-refractivity contribution in [2.45, 2.75) is 6.42 Å². The quantitative estimate of drug-likeness (QED) is 0.212. The van der Waals surface area contributed by atoms with Crippen LogP contribution in [0.5, 0.6) is 0 Å². The van der Waals surface area contributed by atoms with Crippen molar-refractivity contribution in [3.63, 3.8) is 0 Å². The number of hydrogen-bond donors (Lipinski definition) is 6. The van der Waals surface area contributed by atoms with E-state index in [0.717, 1.165) is 33.3 Å². The van der Waals surface area contributed by atoms with Gasteiger partial charge in [-0.25, -0.2) is 4.79 Å². The summed E-state index contributed by atoms with van der Waals surface area (Å²) < 4.78 is 0. The van der Waals surface area contributed by atoms with E-state index >= 15 is 0 Å². The molecule has 0 radical (unpaired) electrons. The summed E-state index contributed by atoms with van der Waals surface area (Å²) in [6, 6.07) is 19.9. The van der Waals surface area contributed by atoms with Gasteiger partial charge >= 0.3 is 5.97 Å². The standard InChI is InChI=1S/C24H21N5O2/c25-22(26)15-7-5-14(6-8-15)21-19(11-13-1-3-16(4-2-13)24(30)31)18-10-9-17(23(27)28)12-20(18)29-21/h1-10,12,29H,11H2,(H3,25,26)(H3,27,28)(H,30,31). The molecule has 1 heterocycles. The molecule has 31 heavy (non-hydrogen) atoms. The summed E-state index contributed by atoms with van der Waals surface area (Å²) in [7, 11) is 0. The van der Waals surface area contributed by atoms with Gasteiger partial charge < -0.3 is 21.6 Å². The number of H-pyrrole nitrogens is 1. The zero-order valence-corrected chi connectivity index (χ0v) is 16.6. The third-order valence-corrected chi connectivity index (χ3v) is 5.28. The lowest BCUT2D eigenvalue weighted by Crippen LogP contribution is -2.10. The highest BCUT2D eigenvalue weighted by Crippen LogP contribution is 2.33. The number of nitrogen functional groups attached to an aromatic ring is 2. The molecule has 0 atom stereocenters. The molecule has 4 aromatic rings. The maximum absolute atomic E-state index is 11.1. The summed E-state index contributed by atoms with van der Waals surface area (Å²) in [6.07, 6.45) is 0.586. The molecular weight excluding hydrogens is 390 g/mol. The summed E-state index contributed by atoms with van der Waals surface area (Å²) in [6.45, 7) is 0. The third kappa shape index (κ3) is 3.89. The summed E-state index contributed by atoms with van der Waals surface area (Å²) >= 11 is 0. The van der Waals surface area contributed by atoms with Crippen molar-refractivity contribution in [1.29, 1.82) is 10.8 Å². The molecule has 0 amide bonds. The van der Waals surface area contributed by atoms with Gasteiger partial charge in [0, 0.05) is 28.5 Å². The van der Waals surface area contributed by atoms with Crippen molar-refractivity contribution in [1.82, 2.24) is 4.98 Å². The van der Waals surface area contributed by atoms with Crippen molar-refractivity contribution in [3.05, 3.63) is 94.5 Å². The van der Waals surface area contributed by atoms with E-state index in [2.05, 4.69) is 4.98 Å². The maximum atomic E-state index is 11.1. The first kappa shape index (κ1) is 19.9. The number of fused-ring (bicyclic) bond motifs is 1. The van der Waals surface area contributed by atoms with Crippen LogP contribution in [0, 0.1) is 10.8 Å². The molecule has 0 saturated carbocycles. The summed E-state index contributed by atoms with van der Waals surface area (Å²) in [4.78, 5) is 14.6. The molecule has 0 aliphatic carbocycles. The van der Waals surface area contributed by atoms with Crippen LogP contribution < -0.4 is 11.5 Å². The number of rotatable bonds is 6. The number of nitrogens with one attached hydrogen (secondary N) is 3. The van der Waals surface area contributed by atoms with Crippen molar-refractivity contribution < 1.29 is 9.90 Å². The largest absolute Gasteiger partial charge is 0.478 e. The van der Waals surface area contributed by atoms with Gasteiger partial charge in [0.05, 0.1) is 11.3 Å². The highest BCUT2D eigenvalue weighted by Gasteiger charge is 2.15. The van der Waals surface area contributed by atoms with Gasteiger partial charge in [0.15, 0.2) is 0 Å². The molecule has 0 aliphatic heterocycles. The fourth-order valence-electron chi connectivity index (χ4n) is 3.64. The number of benzene rings is 3. The second kappa shape index (κ2) is 7.79. The zero-order chi connectivity index (χ0) is 22.1. The predicted molar refractivity (Wildman–Crippen MR) is 122 cm³/mol. The van der Waals surface area contributed by atoms with Crippen LogP contribution >= 0.6 is 0 Å². The minimum absolute atomic E-state index is 0.00493. The second-order valence-corrected chi connectivity index (χ2v) is 7.32. The van der Waals surface area contributed by atoms with Crippen LogP contribution in [-0.4, -0.2) is 27.7 Å². The Morgan fingerprint density at radius 3 is 2.00 bits per heavy atom. The fourth-order valence-corrected chi connectivity index (χ4v) is 3.64. The van der Waals surface area contributed by atoms with Crippen molar-refractivity contribution in [2.24, 2.45) is 11.5 Å². The van der Waals surface area contributed by atoms with Crippen molar-refractivity contribution in [3.8, 4) is 11.3 Å². The molecule has 7 heteroatoms. The minimum Gasteiger partial charge on any atom is -0.478 e. The molecule has 0 bridgehead atoms. The zero-order valence-electron chi connectivity index (χ0n) is 16.6. The maximum Gasteiger partial charge on any atom is 0.335 e. The number of nitrogens with two attached hydrogens (primary N) is 2. The van der Waals surface area contributed by atoms with Gasteiger partial charge in [-0.15, -0.1) is 0 Å². The van der Waals surface area contributed by atoms with E-state index in [-0.39, 0.29) is 17.2 Å². The molecule has 3 aromatic carbocycles. The number of carboxylic acids is 1. The number of aromatic nitrogens is 1. The second-order valence-electron chi connectivity index (χ2n) is 7.32. The minimum atomic E-state index is -0.957. The molecule has 0 spiro atoms. The average molecular weight is 411 g/mol. The highest BCUT2D eigenvalue weighted by atomic mass is 16.4. The Labute approximate surface area is 178 Å². The number of aromatic carboxylic acids is 1. The van der Waals surface area contributed by atoms with Crippen LogP contribution in [0.3, 0.4) is 0 Å². The fraction of sp³-hybridized carbons (Fsp3) is 0.0417. The molecule has 0 aliphatic rings. The van der Waals surface area contributed by atoms with Crippen LogP contribution in [0.25, 0.3) is 22.2 Å². The Kier molecular flexibility index (Phi) is 5.00. The van der Waals surface area contributed by atoms with E-state index in [1.165, 1.54) is 0 Å². The Bertz CT molecular complexity index is 1320. The van der Waals surface area contributed by atoms with Crippen LogP contribution in [0.15, 0.2) is 66.7 Å². The van der Waals surface area contributed by atoms with Crippen LogP contribution in [0.2, 0.25) is 0 Å². The van der Waals surface area contributed by atoms with E-state index in [0.29, 0.717) is 17.5 Å². The Balaban J connectivity index is 1.84. The highest BCUT2D eigenvalue weighted by molar-refractivity contribution is 6.01. The lowest BCUT2D eigenvalue weighted by Gasteiger charge is -2.08. The van der Waals surface area contributed by atoms with Crippen LogP contribution in [0.1, 0.15) is 32.6 Å². The first-order valence-corrected chi connectivity index (χ1v) is 9.59. The van der Waals surface area contributed by atoms with E-state index in [4.69, 9.17) is 27.4 Å². The summed E-state index contributed by atoms with van der Waals surface area (Å²) in [5.41, 5.74) is 17.5. The normalized spacial score (nSPS) is 10.8. The third-order valence-electron chi connectivity index (χ3n) is 5.28. The summed E-state index contributed by atoms with van der Waals surface area (Å²) in [5, 5.41) is 25.5. The Morgan fingerprint density at radius 1 is 0.839 bits per heavy atom.